The van der Waals surface area contributed by atoms with E-state index in [-0.39, 0.29) is 17.8 Å². The van der Waals surface area contributed by atoms with Gasteiger partial charge in [-0.05, 0) is 30.5 Å². The van der Waals surface area contributed by atoms with E-state index in [0.29, 0.717) is 31.4 Å². The Hall–Kier alpha value is -2.44. The largest absolute Gasteiger partial charge is 0.339 e. The van der Waals surface area contributed by atoms with Crippen LogP contribution in [0.2, 0.25) is 0 Å². The SMILES string of the molecule is O=C(NCc1ccc(F)cc1)N1CC(c2nc(C3CC3)no2)C1. The first-order valence-electron chi connectivity index (χ1n) is 7.80. The Balaban J connectivity index is 1.25. The average Bonchev–Trinajstić information content (AvgIpc) is 3.25. The van der Waals surface area contributed by atoms with Crippen LogP contribution in [0.5, 0.6) is 0 Å². The van der Waals surface area contributed by atoms with Crippen LogP contribution in [0.3, 0.4) is 0 Å². The first-order chi connectivity index (χ1) is 11.2. The summed E-state index contributed by atoms with van der Waals surface area (Å²) >= 11 is 0. The lowest BCUT2D eigenvalue weighted by Crippen LogP contribution is -2.52. The molecule has 0 spiro atoms. The summed E-state index contributed by atoms with van der Waals surface area (Å²) in [6, 6.07) is 5.95. The van der Waals surface area contributed by atoms with Gasteiger partial charge in [0, 0.05) is 25.6 Å². The second-order valence-corrected chi connectivity index (χ2v) is 6.15. The van der Waals surface area contributed by atoms with Crippen molar-refractivity contribution in [2.75, 3.05) is 13.1 Å². The zero-order valence-electron chi connectivity index (χ0n) is 12.5. The van der Waals surface area contributed by atoms with Crippen molar-refractivity contribution >= 4 is 6.03 Å². The van der Waals surface area contributed by atoms with E-state index in [9.17, 15) is 9.18 Å². The zero-order chi connectivity index (χ0) is 15.8. The van der Waals surface area contributed by atoms with E-state index in [1.54, 1.807) is 17.0 Å². The fourth-order valence-electron chi connectivity index (χ4n) is 2.61. The molecule has 23 heavy (non-hydrogen) atoms. The molecule has 2 amide bonds. The summed E-state index contributed by atoms with van der Waals surface area (Å²) in [5.41, 5.74) is 0.864. The Kier molecular flexibility index (Phi) is 3.48. The van der Waals surface area contributed by atoms with Crippen LogP contribution >= 0.6 is 0 Å². The van der Waals surface area contributed by atoms with Crippen LogP contribution in [0.25, 0.3) is 0 Å². The molecule has 1 aliphatic carbocycles. The number of carbonyl (C=O) groups excluding carboxylic acids is 1. The summed E-state index contributed by atoms with van der Waals surface area (Å²) in [6.07, 6.45) is 2.28. The predicted molar refractivity (Wildman–Crippen MR) is 79.2 cm³/mol. The number of likely N-dealkylation sites (tertiary alicyclic amines) is 1. The molecule has 1 N–H and O–H groups in total. The van der Waals surface area contributed by atoms with Gasteiger partial charge in [0.1, 0.15) is 5.82 Å². The number of amides is 2. The molecule has 0 unspecified atom stereocenters. The lowest BCUT2D eigenvalue weighted by atomic mass is 10.0. The van der Waals surface area contributed by atoms with Crippen LogP contribution in [-0.2, 0) is 6.54 Å². The second-order valence-electron chi connectivity index (χ2n) is 6.15. The van der Waals surface area contributed by atoms with Crippen LogP contribution in [-0.4, -0.2) is 34.2 Å². The highest BCUT2D eigenvalue weighted by molar-refractivity contribution is 5.75. The first kappa shape index (κ1) is 14.2. The highest BCUT2D eigenvalue weighted by atomic mass is 19.1. The minimum Gasteiger partial charge on any atom is -0.339 e. The highest BCUT2D eigenvalue weighted by Crippen LogP contribution is 2.39. The summed E-state index contributed by atoms with van der Waals surface area (Å²) < 4.78 is 18.1. The van der Waals surface area contributed by atoms with E-state index in [4.69, 9.17) is 4.52 Å². The average molecular weight is 316 g/mol. The third-order valence-corrected chi connectivity index (χ3v) is 4.27. The fourth-order valence-corrected chi connectivity index (χ4v) is 2.61. The van der Waals surface area contributed by atoms with E-state index in [2.05, 4.69) is 15.5 Å². The third-order valence-electron chi connectivity index (χ3n) is 4.27. The molecule has 2 aliphatic rings. The topological polar surface area (TPSA) is 71.3 Å². The normalized spacial score (nSPS) is 17.9. The van der Waals surface area contributed by atoms with Crippen LogP contribution in [0.1, 0.15) is 42.0 Å². The number of carbonyl (C=O) groups is 1. The van der Waals surface area contributed by atoms with Crippen molar-refractivity contribution in [3.05, 3.63) is 47.4 Å². The Bertz CT molecular complexity index is 705. The number of halogens is 1. The van der Waals surface area contributed by atoms with Crippen molar-refractivity contribution in [1.82, 2.24) is 20.4 Å². The van der Waals surface area contributed by atoms with E-state index in [1.165, 1.54) is 12.1 Å². The number of benzene rings is 1. The summed E-state index contributed by atoms with van der Waals surface area (Å²) in [5, 5.41) is 6.82. The lowest BCUT2D eigenvalue weighted by Gasteiger charge is -2.36. The number of rotatable bonds is 4. The summed E-state index contributed by atoms with van der Waals surface area (Å²) in [6.45, 7) is 1.55. The molecule has 1 saturated carbocycles. The van der Waals surface area contributed by atoms with Gasteiger partial charge in [-0.2, -0.15) is 4.98 Å². The van der Waals surface area contributed by atoms with Gasteiger partial charge in [-0.1, -0.05) is 17.3 Å². The van der Waals surface area contributed by atoms with Crippen LogP contribution in [0, 0.1) is 5.82 Å². The summed E-state index contributed by atoms with van der Waals surface area (Å²) in [4.78, 5) is 18.2. The van der Waals surface area contributed by atoms with Gasteiger partial charge in [0.15, 0.2) is 5.82 Å². The van der Waals surface area contributed by atoms with Crippen molar-refractivity contribution in [2.45, 2.75) is 31.2 Å². The van der Waals surface area contributed by atoms with Crippen molar-refractivity contribution < 1.29 is 13.7 Å². The van der Waals surface area contributed by atoms with Crippen LogP contribution < -0.4 is 5.32 Å². The monoisotopic (exact) mass is 316 g/mol. The number of hydrogen-bond donors (Lipinski definition) is 1. The third kappa shape index (κ3) is 3.04. The van der Waals surface area contributed by atoms with Crippen LogP contribution in [0.4, 0.5) is 9.18 Å². The fraction of sp³-hybridized carbons (Fsp3) is 0.438. The molecule has 1 aromatic heterocycles. The van der Waals surface area contributed by atoms with Crippen molar-refractivity contribution in [1.29, 1.82) is 0 Å². The van der Waals surface area contributed by atoms with Gasteiger partial charge in [-0.15, -0.1) is 0 Å². The molecule has 0 radical (unpaired) electrons. The maximum atomic E-state index is 12.8. The van der Waals surface area contributed by atoms with Gasteiger partial charge < -0.3 is 14.7 Å². The van der Waals surface area contributed by atoms with Crippen LogP contribution in [0.15, 0.2) is 28.8 Å². The number of nitrogens with zero attached hydrogens (tertiary/aromatic N) is 3. The lowest BCUT2D eigenvalue weighted by molar-refractivity contribution is 0.136. The number of urea groups is 1. The quantitative estimate of drug-likeness (QED) is 0.940. The Labute approximate surface area is 132 Å². The highest BCUT2D eigenvalue weighted by Gasteiger charge is 2.37. The molecule has 1 saturated heterocycles. The molecule has 7 heteroatoms. The minimum atomic E-state index is -0.282. The Morgan fingerprint density at radius 1 is 1.26 bits per heavy atom. The standard InChI is InChI=1S/C16H17FN4O2/c17-13-5-1-10(2-6-13)7-18-16(22)21-8-12(9-21)15-19-14(20-23-15)11-3-4-11/h1-2,5-6,11-12H,3-4,7-9H2,(H,18,22). The number of nitrogens with one attached hydrogen (secondary N) is 1. The van der Waals surface area contributed by atoms with Gasteiger partial charge in [-0.3, -0.25) is 0 Å². The molecular weight excluding hydrogens is 299 g/mol. The molecular formula is C16H17FN4O2. The molecule has 1 aromatic carbocycles. The maximum Gasteiger partial charge on any atom is 0.317 e. The van der Waals surface area contributed by atoms with Crippen molar-refractivity contribution in [3.63, 3.8) is 0 Å². The van der Waals surface area contributed by atoms with Gasteiger partial charge >= 0.3 is 6.03 Å². The molecule has 4 rings (SSSR count). The van der Waals surface area contributed by atoms with E-state index >= 15 is 0 Å². The second kappa shape index (κ2) is 5.64. The molecule has 6 nitrogen and oxygen atoms in total. The number of aromatic nitrogens is 2. The summed E-state index contributed by atoms with van der Waals surface area (Å²) in [5.74, 6) is 1.76. The first-order valence-corrected chi connectivity index (χ1v) is 7.80. The van der Waals surface area contributed by atoms with E-state index < -0.39 is 0 Å². The molecule has 0 atom stereocenters. The molecule has 2 heterocycles. The molecule has 120 valence electrons. The van der Waals surface area contributed by atoms with Gasteiger partial charge in [0.2, 0.25) is 5.89 Å². The van der Waals surface area contributed by atoms with Gasteiger partial charge in [0.05, 0.1) is 5.92 Å². The predicted octanol–water partition coefficient (Wildman–Crippen LogP) is 2.40. The molecule has 2 fully saturated rings. The Morgan fingerprint density at radius 3 is 2.70 bits per heavy atom. The van der Waals surface area contributed by atoms with Crippen molar-refractivity contribution in [2.24, 2.45) is 0 Å². The molecule has 0 bridgehead atoms. The molecule has 1 aliphatic heterocycles. The summed E-state index contributed by atoms with van der Waals surface area (Å²) in [7, 11) is 0. The van der Waals surface area contributed by atoms with E-state index in [0.717, 1.165) is 24.2 Å². The Morgan fingerprint density at radius 2 is 2.00 bits per heavy atom. The molecule has 2 aromatic rings. The van der Waals surface area contributed by atoms with Crippen molar-refractivity contribution in [3.8, 4) is 0 Å². The zero-order valence-corrected chi connectivity index (χ0v) is 12.5. The number of hydrogen-bond acceptors (Lipinski definition) is 4. The van der Waals surface area contributed by atoms with E-state index in [1.807, 2.05) is 0 Å². The van der Waals surface area contributed by atoms with Gasteiger partial charge in [0.25, 0.3) is 0 Å². The maximum absolute atomic E-state index is 12.8. The van der Waals surface area contributed by atoms with Gasteiger partial charge in [-0.25, -0.2) is 9.18 Å². The smallest absolute Gasteiger partial charge is 0.317 e. The minimum absolute atomic E-state index is 0.131.